The van der Waals surface area contributed by atoms with Crippen LogP contribution in [-0.4, -0.2) is 131 Å². The highest BCUT2D eigenvalue weighted by Crippen LogP contribution is 2.43. The number of ether oxygens (including phenoxy) is 6. The zero-order valence-electron chi connectivity index (χ0n) is 25.8. The van der Waals surface area contributed by atoms with Crippen LogP contribution in [0.3, 0.4) is 0 Å². The summed E-state index contributed by atoms with van der Waals surface area (Å²) in [7, 11) is 29.8. The molecular formula is C24H30B10O10. The first-order chi connectivity index (χ1) is 20.4. The Morgan fingerprint density at radius 3 is 1.82 bits per heavy atom. The maximum atomic E-state index is 13.2. The molecule has 2 saturated heterocycles. The van der Waals surface area contributed by atoms with Crippen LogP contribution in [-0.2, 0) is 42.9 Å². The van der Waals surface area contributed by atoms with Crippen molar-refractivity contribution in [3.8, 4) is 5.75 Å². The molecular weight excluding hydrogens is 556 g/mol. The zero-order chi connectivity index (χ0) is 33.1. The maximum absolute atomic E-state index is 13.2. The fraction of sp³-hybridized carbons (Fsp3) is 0.583. The van der Waals surface area contributed by atoms with E-state index in [0.717, 1.165) is 32.7 Å². The van der Waals surface area contributed by atoms with Crippen molar-refractivity contribution in [2.24, 2.45) is 0 Å². The summed E-state index contributed by atoms with van der Waals surface area (Å²) in [5, 5.41) is 0. The van der Waals surface area contributed by atoms with Crippen molar-refractivity contribution in [1.82, 2.24) is 0 Å². The smallest absolute Gasteiger partial charge is 0.340 e. The van der Waals surface area contributed by atoms with E-state index in [2.05, 4.69) is 0 Å². The summed E-state index contributed by atoms with van der Waals surface area (Å²) >= 11 is 0. The molecule has 20 heteroatoms. The van der Waals surface area contributed by atoms with Gasteiger partial charge in [0.05, 0.1) is 6.60 Å². The van der Waals surface area contributed by atoms with Gasteiger partial charge in [0.25, 0.3) is 0 Å². The van der Waals surface area contributed by atoms with Gasteiger partial charge < -0.3 is 28.4 Å². The SMILES string of the molecule is [B]B([B])B([B])B(B([B])[B])B1CC1c1ccc(OC2OC(C(=O)OC(C)(C)C)C(OC(C)=O)C(OC(C)=O)C2OC(C)=O)cc1. The van der Waals surface area contributed by atoms with Crippen molar-refractivity contribution in [2.45, 2.75) is 90.0 Å². The van der Waals surface area contributed by atoms with Gasteiger partial charge in [-0.3, -0.25) is 14.4 Å². The molecule has 0 saturated carbocycles. The molecule has 0 aliphatic carbocycles. The summed E-state index contributed by atoms with van der Waals surface area (Å²) in [5.74, 6) is -2.87. The van der Waals surface area contributed by atoms with E-state index in [1.54, 1.807) is 32.9 Å². The van der Waals surface area contributed by atoms with Crippen LogP contribution in [0.15, 0.2) is 24.3 Å². The third kappa shape index (κ3) is 9.51. The Balaban J connectivity index is 1.90. The molecule has 3 rings (SSSR count). The molecule has 2 fully saturated rings. The highest BCUT2D eigenvalue weighted by molar-refractivity contribution is 8.00. The number of rotatable bonds is 11. The summed E-state index contributed by atoms with van der Waals surface area (Å²) in [6.07, 6.45) is -9.03. The molecule has 10 radical (unpaired) electrons. The first-order valence-corrected chi connectivity index (χ1v) is 14.3. The number of esters is 4. The van der Waals surface area contributed by atoms with E-state index in [9.17, 15) is 19.2 Å². The van der Waals surface area contributed by atoms with Gasteiger partial charge in [-0.2, -0.15) is 0 Å². The fourth-order valence-corrected chi connectivity index (χ4v) is 5.45. The van der Waals surface area contributed by atoms with Crippen LogP contribution in [0.4, 0.5) is 0 Å². The van der Waals surface area contributed by atoms with E-state index < -0.39 is 79.3 Å². The Bertz CT molecular complexity index is 1200. The van der Waals surface area contributed by atoms with Crippen molar-refractivity contribution in [3.63, 3.8) is 0 Å². The van der Waals surface area contributed by atoms with Crippen LogP contribution in [0.2, 0.25) is 6.32 Å². The van der Waals surface area contributed by atoms with E-state index in [1.807, 2.05) is 12.1 Å². The van der Waals surface area contributed by atoms with E-state index in [1.165, 1.54) is 0 Å². The van der Waals surface area contributed by atoms with Crippen LogP contribution in [0.1, 0.15) is 52.9 Å². The van der Waals surface area contributed by atoms with Crippen molar-refractivity contribution in [2.75, 3.05) is 0 Å². The monoisotopic (exact) mass is 588 g/mol. The molecule has 2 aliphatic heterocycles. The largest absolute Gasteiger partial charge is 0.461 e. The van der Waals surface area contributed by atoms with Crippen molar-refractivity contribution >= 4 is 94.7 Å². The third-order valence-electron chi connectivity index (χ3n) is 7.27. The van der Waals surface area contributed by atoms with Gasteiger partial charge in [0.15, 0.2) is 18.3 Å². The first kappa shape index (κ1) is 36.0. The minimum absolute atomic E-state index is 0.0821. The Kier molecular flexibility index (Phi) is 12.1. The molecule has 216 valence electrons. The topological polar surface area (TPSA) is 124 Å². The molecule has 2 heterocycles. The van der Waals surface area contributed by atoms with Gasteiger partial charge in [0, 0.05) is 85.0 Å². The molecule has 6 atom stereocenters. The molecule has 2 aliphatic rings. The molecule has 0 bridgehead atoms. The van der Waals surface area contributed by atoms with Crippen molar-refractivity contribution < 1.29 is 47.6 Å². The minimum atomic E-state index is -1.60. The fourth-order valence-electron chi connectivity index (χ4n) is 5.45. The van der Waals surface area contributed by atoms with Gasteiger partial charge in [-0.05, 0) is 32.9 Å². The van der Waals surface area contributed by atoms with Crippen LogP contribution in [0.25, 0.3) is 0 Å². The summed E-state index contributed by atoms with van der Waals surface area (Å²) in [4.78, 5) is 49.5. The number of carbonyl (C=O) groups excluding carboxylic acids is 4. The molecule has 1 aromatic rings. The minimum Gasteiger partial charge on any atom is -0.461 e. The molecule has 0 amide bonds. The van der Waals surface area contributed by atoms with E-state index in [-0.39, 0.29) is 24.6 Å². The Hall–Kier alpha value is -2.49. The van der Waals surface area contributed by atoms with E-state index >= 15 is 0 Å². The number of hydrogen-bond donors (Lipinski definition) is 0. The normalized spacial score (nSPS) is 24.3. The van der Waals surface area contributed by atoms with Crippen molar-refractivity contribution in [1.29, 1.82) is 0 Å². The Morgan fingerprint density at radius 1 is 0.818 bits per heavy atom. The van der Waals surface area contributed by atoms with Gasteiger partial charge in [-0.1, -0.05) is 29.8 Å². The maximum Gasteiger partial charge on any atom is 0.340 e. The van der Waals surface area contributed by atoms with Crippen LogP contribution < -0.4 is 4.74 Å². The third-order valence-corrected chi connectivity index (χ3v) is 7.27. The van der Waals surface area contributed by atoms with Gasteiger partial charge >= 0.3 is 23.9 Å². The van der Waals surface area contributed by atoms with Crippen LogP contribution >= 0.6 is 0 Å². The van der Waals surface area contributed by atoms with Gasteiger partial charge in [0.1, 0.15) is 11.4 Å². The second kappa shape index (κ2) is 14.7. The van der Waals surface area contributed by atoms with Crippen LogP contribution in [0.5, 0.6) is 5.75 Å². The van der Waals surface area contributed by atoms with E-state index in [0.29, 0.717) is 0 Å². The summed E-state index contributed by atoms with van der Waals surface area (Å²) < 4.78 is 33.7. The quantitative estimate of drug-likeness (QED) is 0.175. The van der Waals surface area contributed by atoms with Gasteiger partial charge in [-0.15, -0.1) is 0 Å². The number of carbonyl (C=O) groups is 4. The Labute approximate surface area is 267 Å². The molecule has 44 heavy (non-hydrogen) atoms. The molecule has 0 aromatic heterocycles. The summed E-state index contributed by atoms with van der Waals surface area (Å²) in [6, 6.07) is 6.97. The number of hydrogen-bond acceptors (Lipinski definition) is 10. The predicted molar refractivity (Wildman–Crippen MR) is 173 cm³/mol. The average molecular weight is 587 g/mol. The lowest BCUT2D eigenvalue weighted by molar-refractivity contribution is -0.284. The molecule has 6 unspecified atom stereocenters. The Morgan fingerprint density at radius 2 is 1.34 bits per heavy atom. The second-order valence-electron chi connectivity index (χ2n) is 12.2. The van der Waals surface area contributed by atoms with E-state index in [4.69, 9.17) is 67.1 Å². The first-order valence-electron chi connectivity index (χ1n) is 14.3. The van der Waals surface area contributed by atoms with Crippen molar-refractivity contribution in [3.05, 3.63) is 29.8 Å². The zero-order valence-corrected chi connectivity index (χ0v) is 25.8. The van der Waals surface area contributed by atoms with Gasteiger partial charge in [0.2, 0.25) is 12.4 Å². The summed E-state index contributed by atoms with van der Waals surface area (Å²) in [5.41, 5.74) is 0.0233. The molecule has 1 aromatic carbocycles. The highest BCUT2D eigenvalue weighted by Gasteiger charge is 2.56. The van der Waals surface area contributed by atoms with Crippen LogP contribution in [0, 0.1) is 0 Å². The van der Waals surface area contributed by atoms with Gasteiger partial charge in [-0.25, -0.2) is 4.79 Å². The molecule has 10 nitrogen and oxygen atoms in total. The highest BCUT2D eigenvalue weighted by atomic mass is 16.7. The predicted octanol–water partition coefficient (Wildman–Crippen LogP) is -1.32. The molecule has 0 N–H and O–H groups in total. The summed E-state index contributed by atoms with van der Waals surface area (Å²) in [6.45, 7) is 8.35. The lowest BCUT2D eigenvalue weighted by Crippen LogP contribution is -2.64. The lowest BCUT2D eigenvalue weighted by Gasteiger charge is -2.43. The number of benzene rings is 1. The lowest BCUT2D eigenvalue weighted by atomic mass is 8.57. The molecule has 0 spiro atoms. The standard InChI is InChI=1S/C24H30B10O10/c1-12(35)39-18-19(40-13(2)36)21(41-14(3)37)23(43-20(18)22(38)44-24(4,5)6)42-16-9-7-15(8-10-16)17-11-30(17)34(32(27)28)33(29)31(25)26/h7-10,17-21,23H,11H2,1-6H3. The second-order valence-corrected chi connectivity index (χ2v) is 12.2. The average Bonchev–Trinajstić information content (AvgIpc) is 3.65.